The molecule has 0 fully saturated rings. The SMILES string of the molecule is COc1c([SH](C)(=O)C2=NOC(C)(C)C2)c(C(F)(F)F)nn1C. The average molecular weight is 341 g/mol. The number of methoxy groups -OCH3 is 1. The predicted octanol–water partition coefficient (Wildman–Crippen LogP) is 1.97. The molecule has 0 N–H and O–H groups in total. The molecule has 0 unspecified atom stereocenters. The summed E-state index contributed by atoms with van der Waals surface area (Å²) in [6.07, 6.45) is -3.34. The quantitative estimate of drug-likeness (QED) is 0.835. The lowest BCUT2D eigenvalue weighted by molar-refractivity contribution is -0.143. The Hall–Kier alpha value is -1.58. The molecular formula is C12H18F3N3O3S. The Morgan fingerprint density at radius 1 is 1.41 bits per heavy atom. The number of aryl methyl sites for hydroxylation is 1. The van der Waals surface area contributed by atoms with Gasteiger partial charge in [0, 0.05) is 13.5 Å². The summed E-state index contributed by atoms with van der Waals surface area (Å²) < 4.78 is 58.7. The number of hydrogen-bond donors (Lipinski definition) is 1. The summed E-state index contributed by atoms with van der Waals surface area (Å²) in [4.78, 5) is 4.67. The van der Waals surface area contributed by atoms with Crippen LogP contribution in [0.2, 0.25) is 0 Å². The minimum absolute atomic E-state index is 0.0919. The zero-order chi connectivity index (χ0) is 16.9. The van der Waals surface area contributed by atoms with E-state index in [9.17, 15) is 17.4 Å². The molecule has 1 aliphatic rings. The smallest absolute Gasteiger partial charge is 0.436 e. The number of aromatic nitrogens is 2. The standard InChI is InChI=1S/C12H18F3N3O3S/c1-11(2)6-7(17-21-11)22(5,19)8-9(12(13,14)15)16-18(3)10(8)20-4/h22H,6H2,1-5H3. The number of halogens is 3. The van der Waals surface area contributed by atoms with Gasteiger partial charge in [0.25, 0.3) is 0 Å². The molecule has 0 spiro atoms. The monoisotopic (exact) mass is 341 g/mol. The molecule has 2 heterocycles. The molecule has 1 aromatic rings. The molecule has 2 rings (SSSR count). The van der Waals surface area contributed by atoms with Gasteiger partial charge in [0.2, 0.25) is 5.88 Å². The maximum atomic E-state index is 13.2. The van der Waals surface area contributed by atoms with Gasteiger partial charge in [-0.15, -0.1) is 0 Å². The third-order valence-electron chi connectivity index (χ3n) is 3.33. The van der Waals surface area contributed by atoms with E-state index in [1.54, 1.807) is 13.8 Å². The van der Waals surface area contributed by atoms with Crippen molar-refractivity contribution in [1.29, 1.82) is 0 Å². The first-order valence-corrected chi connectivity index (χ1v) is 8.57. The first-order valence-electron chi connectivity index (χ1n) is 6.42. The zero-order valence-corrected chi connectivity index (χ0v) is 13.7. The Morgan fingerprint density at radius 2 is 2.00 bits per heavy atom. The zero-order valence-electron chi connectivity index (χ0n) is 12.9. The van der Waals surface area contributed by atoms with E-state index < -0.39 is 32.3 Å². The van der Waals surface area contributed by atoms with Crippen molar-refractivity contribution in [2.24, 2.45) is 12.2 Å². The summed E-state index contributed by atoms with van der Waals surface area (Å²) in [6.45, 7) is 3.43. The van der Waals surface area contributed by atoms with E-state index in [0.717, 1.165) is 4.68 Å². The lowest BCUT2D eigenvalue weighted by atomic mass is 10.1. The largest absolute Gasteiger partial charge is 0.480 e. The lowest BCUT2D eigenvalue weighted by Gasteiger charge is -2.21. The Labute approximate surface area is 126 Å². The van der Waals surface area contributed by atoms with E-state index in [2.05, 4.69) is 10.3 Å². The first-order chi connectivity index (χ1) is 9.90. The van der Waals surface area contributed by atoms with E-state index in [4.69, 9.17) is 9.57 Å². The van der Waals surface area contributed by atoms with Gasteiger partial charge in [-0.3, -0.25) is 4.21 Å². The van der Waals surface area contributed by atoms with Gasteiger partial charge in [0.1, 0.15) is 15.5 Å². The Morgan fingerprint density at radius 3 is 2.41 bits per heavy atom. The molecule has 0 atom stereocenters. The summed E-state index contributed by atoms with van der Waals surface area (Å²) >= 11 is 0. The second-order valence-electron chi connectivity index (χ2n) is 5.79. The van der Waals surface area contributed by atoms with Crippen molar-refractivity contribution in [3.63, 3.8) is 0 Å². The van der Waals surface area contributed by atoms with E-state index in [0.29, 0.717) is 0 Å². The number of ether oxygens (including phenoxy) is 1. The minimum atomic E-state index is -4.74. The highest BCUT2D eigenvalue weighted by Gasteiger charge is 2.46. The fourth-order valence-corrected chi connectivity index (χ4v) is 4.59. The van der Waals surface area contributed by atoms with Crippen LogP contribution in [-0.2, 0) is 28.0 Å². The maximum absolute atomic E-state index is 13.2. The van der Waals surface area contributed by atoms with Crippen molar-refractivity contribution in [2.45, 2.75) is 36.9 Å². The molecule has 10 heteroatoms. The van der Waals surface area contributed by atoms with Crippen molar-refractivity contribution >= 4 is 15.0 Å². The molecule has 126 valence electrons. The van der Waals surface area contributed by atoms with Crippen LogP contribution in [0.25, 0.3) is 0 Å². The topological polar surface area (TPSA) is 65.7 Å². The second kappa shape index (κ2) is 4.97. The van der Waals surface area contributed by atoms with Gasteiger partial charge in [-0.1, -0.05) is 5.16 Å². The van der Waals surface area contributed by atoms with Crippen LogP contribution in [0.1, 0.15) is 26.0 Å². The van der Waals surface area contributed by atoms with Crippen LogP contribution in [-0.4, -0.2) is 38.0 Å². The van der Waals surface area contributed by atoms with Crippen molar-refractivity contribution in [2.75, 3.05) is 13.4 Å². The molecule has 0 aromatic carbocycles. The molecule has 22 heavy (non-hydrogen) atoms. The molecule has 6 nitrogen and oxygen atoms in total. The number of rotatable bonds is 2. The molecule has 0 saturated heterocycles. The van der Waals surface area contributed by atoms with Crippen LogP contribution < -0.4 is 4.74 Å². The number of alkyl halides is 3. The van der Waals surface area contributed by atoms with Crippen molar-refractivity contribution in [3.8, 4) is 5.88 Å². The van der Waals surface area contributed by atoms with Gasteiger partial charge in [0.05, 0.1) is 7.11 Å². The molecule has 1 aromatic heterocycles. The van der Waals surface area contributed by atoms with Crippen LogP contribution in [0, 0.1) is 0 Å². The normalized spacial score (nSPS) is 18.8. The molecular weight excluding hydrogens is 323 g/mol. The summed E-state index contributed by atoms with van der Waals surface area (Å²) in [5.41, 5.74) is -1.92. The third kappa shape index (κ3) is 2.71. The second-order valence-corrected chi connectivity index (χ2v) is 8.60. The van der Waals surface area contributed by atoms with E-state index in [-0.39, 0.29) is 17.3 Å². The highest BCUT2D eigenvalue weighted by atomic mass is 32.2. The number of thiol groups is 1. The molecule has 0 radical (unpaired) electrons. The van der Waals surface area contributed by atoms with Gasteiger partial charge >= 0.3 is 6.18 Å². The van der Waals surface area contributed by atoms with E-state index in [1.165, 1.54) is 20.4 Å². The average Bonchev–Trinajstić information content (AvgIpc) is 2.89. The van der Waals surface area contributed by atoms with E-state index >= 15 is 0 Å². The summed E-state index contributed by atoms with van der Waals surface area (Å²) in [7, 11) is -1.14. The molecule has 0 bridgehead atoms. The number of oxime groups is 1. The van der Waals surface area contributed by atoms with Crippen LogP contribution in [0.15, 0.2) is 10.1 Å². The number of hydrogen-bond acceptors (Lipinski definition) is 5. The van der Waals surface area contributed by atoms with Gasteiger partial charge in [0.15, 0.2) is 5.69 Å². The van der Waals surface area contributed by atoms with E-state index in [1.807, 2.05) is 0 Å². The fraction of sp³-hybridized carbons (Fsp3) is 0.667. The molecule has 0 amide bonds. The highest BCUT2D eigenvalue weighted by molar-refractivity contribution is 8.16. The third-order valence-corrected chi connectivity index (χ3v) is 5.82. The molecule has 0 saturated carbocycles. The highest BCUT2D eigenvalue weighted by Crippen LogP contribution is 2.42. The Bertz CT molecular complexity index is 679. The van der Waals surface area contributed by atoms with Crippen LogP contribution in [0.3, 0.4) is 0 Å². The maximum Gasteiger partial charge on any atom is 0.436 e. The lowest BCUT2D eigenvalue weighted by Crippen LogP contribution is -2.28. The molecule has 1 aliphatic heterocycles. The van der Waals surface area contributed by atoms with Gasteiger partial charge in [-0.05, 0) is 30.0 Å². The van der Waals surface area contributed by atoms with Crippen LogP contribution >= 0.6 is 0 Å². The minimum Gasteiger partial charge on any atom is -0.480 e. The van der Waals surface area contributed by atoms with Gasteiger partial charge in [-0.25, -0.2) is 4.68 Å². The van der Waals surface area contributed by atoms with Gasteiger partial charge < -0.3 is 9.57 Å². The fourth-order valence-electron chi connectivity index (χ4n) is 2.28. The summed E-state index contributed by atoms with van der Waals surface area (Å²) in [5.74, 6) is -0.189. The first kappa shape index (κ1) is 16.8. The molecule has 0 aliphatic carbocycles. The Kier molecular flexibility index (Phi) is 3.79. The predicted molar refractivity (Wildman–Crippen MR) is 75.7 cm³/mol. The van der Waals surface area contributed by atoms with Gasteiger partial charge in [-0.2, -0.15) is 18.3 Å². The van der Waals surface area contributed by atoms with Crippen LogP contribution in [0.4, 0.5) is 13.2 Å². The Balaban J connectivity index is 2.63. The number of nitrogens with zero attached hydrogens (tertiary/aromatic N) is 3. The van der Waals surface area contributed by atoms with Crippen molar-refractivity contribution < 1.29 is 27.0 Å². The van der Waals surface area contributed by atoms with Crippen LogP contribution in [0.5, 0.6) is 5.88 Å². The van der Waals surface area contributed by atoms with Crippen molar-refractivity contribution in [3.05, 3.63) is 5.69 Å². The summed E-state index contributed by atoms with van der Waals surface area (Å²) in [5, 5.41) is 7.26. The van der Waals surface area contributed by atoms with Crippen molar-refractivity contribution in [1.82, 2.24) is 9.78 Å². The summed E-state index contributed by atoms with van der Waals surface area (Å²) in [6, 6.07) is 0.